The van der Waals surface area contributed by atoms with Crippen molar-refractivity contribution in [2.24, 2.45) is 0 Å². The second-order valence-corrected chi connectivity index (χ2v) is 7.50. The molecule has 2 heterocycles. The minimum absolute atomic E-state index is 0.121. The van der Waals surface area contributed by atoms with Gasteiger partial charge in [0.1, 0.15) is 11.6 Å². The van der Waals surface area contributed by atoms with Crippen LogP contribution in [0, 0.1) is 0 Å². The number of hydrogen-bond acceptors (Lipinski definition) is 5. The van der Waals surface area contributed by atoms with E-state index < -0.39 is 0 Å². The maximum Gasteiger partial charge on any atom is 0.236 e. The Hall–Kier alpha value is -1.60. The van der Waals surface area contributed by atoms with Crippen LogP contribution in [0.1, 0.15) is 50.8 Å². The van der Waals surface area contributed by atoms with Crippen LogP contribution in [0.5, 0.6) is 0 Å². The van der Waals surface area contributed by atoms with Gasteiger partial charge in [-0.1, -0.05) is 42.6 Å². The molecule has 1 aliphatic rings. The molecule has 1 saturated carbocycles. The van der Waals surface area contributed by atoms with E-state index in [9.17, 15) is 4.79 Å². The molecule has 3 rings (SSSR count). The second-order valence-electron chi connectivity index (χ2n) is 6.12. The minimum atomic E-state index is -0.121. The van der Waals surface area contributed by atoms with Crippen LogP contribution in [-0.2, 0) is 11.3 Å². The zero-order valence-electron chi connectivity index (χ0n) is 14.2. The minimum Gasteiger partial charge on any atom is -0.310 e. The van der Waals surface area contributed by atoms with Crippen molar-refractivity contribution >= 4 is 35.1 Å². The fraction of sp³-hybridized carbons (Fsp3) is 0.529. The first-order chi connectivity index (χ1) is 12.2. The number of nitrogens with one attached hydrogen (secondary N) is 1. The summed E-state index contributed by atoms with van der Waals surface area (Å²) >= 11 is 7.20. The summed E-state index contributed by atoms with van der Waals surface area (Å²) in [5, 5.41) is 12.8. The third-order valence-corrected chi connectivity index (χ3v) is 5.55. The first-order valence-electron chi connectivity index (χ1n) is 8.64. The third-order valence-electron chi connectivity index (χ3n) is 4.36. The van der Waals surface area contributed by atoms with E-state index in [4.69, 9.17) is 11.6 Å². The lowest BCUT2D eigenvalue weighted by Gasteiger charge is -2.21. The van der Waals surface area contributed by atoms with Crippen LogP contribution in [0.4, 0.5) is 5.82 Å². The van der Waals surface area contributed by atoms with Crippen LogP contribution in [0.25, 0.3) is 0 Å². The summed E-state index contributed by atoms with van der Waals surface area (Å²) in [6.07, 6.45) is 7.73. The van der Waals surface area contributed by atoms with Crippen molar-refractivity contribution in [3.63, 3.8) is 0 Å². The van der Waals surface area contributed by atoms with Gasteiger partial charge in [-0.05, 0) is 31.9 Å². The van der Waals surface area contributed by atoms with E-state index in [0.717, 1.165) is 17.5 Å². The number of nitrogens with zero attached hydrogens (tertiary/aromatic N) is 4. The largest absolute Gasteiger partial charge is 0.310 e. The lowest BCUT2D eigenvalue weighted by Crippen LogP contribution is -2.16. The molecule has 25 heavy (non-hydrogen) atoms. The molecule has 0 spiro atoms. The third kappa shape index (κ3) is 4.73. The Labute approximate surface area is 156 Å². The lowest BCUT2D eigenvalue weighted by molar-refractivity contribution is -0.113. The topological polar surface area (TPSA) is 72.7 Å². The number of carbonyl (C=O) groups excluding carboxylic acids is 1. The van der Waals surface area contributed by atoms with Gasteiger partial charge < -0.3 is 9.88 Å². The summed E-state index contributed by atoms with van der Waals surface area (Å²) in [7, 11) is 0. The van der Waals surface area contributed by atoms with E-state index in [1.54, 1.807) is 12.1 Å². The molecular weight excluding hydrogens is 358 g/mol. The van der Waals surface area contributed by atoms with E-state index in [-0.39, 0.29) is 11.7 Å². The van der Waals surface area contributed by atoms with E-state index in [1.165, 1.54) is 50.1 Å². The summed E-state index contributed by atoms with van der Waals surface area (Å²) in [5.41, 5.74) is 0. The van der Waals surface area contributed by atoms with E-state index in [1.807, 2.05) is 0 Å². The van der Waals surface area contributed by atoms with Crippen LogP contribution in [0.15, 0.2) is 23.5 Å². The summed E-state index contributed by atoms with van der Waals surface area (Å²) in [4.78, 5) is 16.2. The van der Waals surface area contributed by atoms with Gasteiger partial charge in [-0.2, -0.15) is 0 Å². The number of thioether (sulfide) groups is 1. The van der Waals surface area contributed by atoms with Gasteiger partial charge in [-0.25, -0.2) is 4.98 Å². The molecule has 1 fully saturated rings. The molecule has 0 radical (unpaired) electrons. The van der Waals surface area contributed by atoms with E-state index in [0.29, 0.717) is 16.8 Å². The van der Waals surface area contributed by atoms with Gasteiger partial charge in [0.05, 0.1) is 10.8 Å². The number of carbonyl (C=O) groups is 1. The first-order valence-corrected chi connectivity index (χ1v) is 10.0. The molecule has 1 amide bonds. The van der Waals surface area contributed by atoms with E-state index >= 15 is 0 Å². The van der Waals surface area contributed by atoms with Crippen LogP contribution < -0.4 is 5.32 Å². The average molecular weight is 380 g/mol. The van der Waals surface area contributed by atoms with Gasteiger partial charge in [0, 0.05) is 18.7 Å². The normalized spacial score (nSPS) is 15.3. The SMILES string of the molecule is CCn1c(SCC(=O)Nc2ccc(Cl)cn2)nnc1C1CCCCC1. The Kier molecular flexibility index (Phi) is 6.31. The molecule has 8 heteroatoms. The molecule has 0 atom stereocenters. The Morgan fingerprint density at radius 1 is 1.32 bits per heavy atom. The second kappa shape index (κ2) is 8.67. The summed E-state index contributed by atoms with van der Waals surface area (Å²) in [6.45, 7) is 2.92. The Morgan fingerprint density at radius 2 is 2.12 bits per heavy atom. The number of halogens is 1. The van der Waals surface area contributed by atoms with Crippen LogP contribution in [0.3, 0.4) is 0 Å². The van der Waals surface area contributed by atoms with Crippen molar-refractivity contribution in [1.82, 2.24) is 19.7 Å². The molecule has 0 unspecified atom stereocenters. The molecule has 2 aromatic heterocycles. The predicted octanol–water partition coefficient (Wildman–Crippen LogP) is 4.12. The zero-order chi connectivity index (χ0) is 17.6. The maximum absolute atomic E-state index is 12.1. The summed E-state index contributed by atoms with van der Waals surface area (Å²) in [6, 6.07) is 3.38. The molecular formula is C17H22ClN5OS. The maximum atomic E-state index is 12.1. The van der Waals surface area contributed by atoms with E-state index in [2.05, 4.69) is 32.0 Å². The quantitative estimate of drug-likeness (QED) is 0.764. The number of rotatable bonds is 6. The lowest BCUT2D eigenvalue weighted by atomic mass is 9.89. The number of pyridine rings is 1. The van der Waals surface area contributed by atoms with Crippen molar-refractivity contribution < 1.29 is 4.79 Å². The van der Waals surface area contributed by atoms with Gasteiger partial charge in [-0.3, -0.25) is 4.79 Å². The van der Waals surface area contributed by atoms with Gasteiger partial charge >= 0.3 is 0 Å². The van der Waals surface area contributed by atoms with Crippen LogP contribution in [-0.4, -0.2) is 31.4 Å². The molecule has 0 aromatic carbocycles. The smallest absolute Gasteiger partial charge is 0.236 e. The van der Waals surface area contributed by atoms with Crippen molar-refractivity contribution in [1.29, 1.82) is 0 Å². The molecule has 0 saturated heterocycles. The van der Waals surface area contributed by atoms with Gasteiger partial charge in [-0.15, -0.1) is 10.2 Å². The van der Waals surface area contributed by atoms with Crippen molar-refractivity contribution in [2.75, 3.05) is 11.1 Å². The van der Waals surface area contributed by atoms with Gasteiger partial charge in [0.15, 0.2) is 5.16 Å². The molecule has 2 aromatic rings. The Balaban J connectivity index is 1.59. The van der Waals surface area contributed by atoms with Gasteiger partial charge in [0.25, 0.3) is 0 Å². The Bertz CT molecular complexity index is 712. The summed E-state index contributed by atoms with van der Waals surface area (Å²) < 4.78 is 2.15. The monoisotopic (exact) mass is 379 g/mol. The van der Waals surface area contributed by atoms with Crippen LogP contribution >= 0.6 is 23.4 Å². The fourth-order valence-corrected chi connectivity index (χ4v) is 4.05. The Morgan fingerprint density at radius 3 is 2.80 bits per heavy atom. The molecule has 6 nitrogen and oxygen atoms in total. The van der Waals surface area contributed by atoms with Crippen molar-refractivity contribution in [2.45, 2.75) is 56.6 Å². The highest BCUT2D eigenvalue weighted by Gasteiger charge is 2.23. The number of hydrogen-bond donors (Lipinski definition) is 1. The highest BCUT2D eigenvalue weighted by Crippen LogP contribution is 2.33. The number of anilines is 1. The highest BCUT2D eigenvalue weighted by atomic mass is 35.5. The predicted molar refractivity (Wildman–Crippen MR) is 100 cm³/mol. The number of amides is 1. The van der Waals surface area contributed by atoms with Crippen molar-refractivity contribution in [3.05, 3.63) is 29.2 Å². The standard InChI is InChI=1S/C17H22ClN5OS/c1-2-23-16(12-6-4-3-5-7-12)21-22-17(23)25-11-15(24)20-14-9-8-13(18)10-19-14/h8-10,12H,2-7,11H2,1H3,(H,19,20,24). The number of aromatic nitrogens is 4. The average Bonchev–Trinajstić information content (AvgIpc) is 3.05. The zero-order valence-corrected chi connectivity index (χ0v) is 15.8. The molecule has 1 aliphatic carbocycles. The van der Waals surface area contributed by atoms with Crippen LogP contribution in [0.2, 0.25) is 5.02 Å². The molecule has 134 valence electrons. The molecule has 0 bridgehead atoms. The van der Waals surface area contributed by atoms with Gasteiger partial charge in [0.2, 0.25) is 5.91 Å². The van der Waals surface area contributed by atoms with Crippen molar-refractivity contribution in [3.8, 4) is 0 Å². The highest BCUT2D eigenvalue weighted by molar-refractivity contribution is 7.99. The molecule has 0 aliphatic heterocycles. The summed E-state index contributed by atoms with van der Waals surface area (Å²) in [5.74, 6) is 2.22. The molecule has 1 N–H and O–H groups in total. The fourth-order valence-electron chi connectivity index (χ4n) is 3.13. The first kappa shape index (κ1) is 18.2.